The van der Waals surface area contributed by atoms with Gasteiger partial charge in [0.15, 0.2) is 0 Å². The molecule has 10 heteroatoms. The van der Waals surface area contributed by atoms with Crippen LogP contribution in [0.5, 0.6) is 0 Å². The summed E-state index contributed by atoms with van der Waals surface area (Å²) in [5.74, 6) is -1.48. The minimum Gasteiger partial charge on any atom is -0.354 e. The highest BCUT2D eigenvalue weighted by atomic mass is 35.5. The normalized spacial score (nSPS) is 12.0. The van der Waals surface area contributed by atoms with Crippen LogP contribution in [0, 0.1) is 18.7 Å². The van der Waals surface area contributed by atoms with Gasteiger partial charge in [0.2, 0.25) is 11.8 Å². The highest BCUT2D eigenvalue weighted by molar-refractivity contribution is 7.92. The number of carbonyl (C=O) groups is 2. The fraction of sp³-hybridized carbons (Fsp3) is 0.257. The molecule has 4 aromatic carbocycles. The van der Waals surface area contributed by atoms with Crippen molar-refractivity contribution in [3.05, 3.63) is 131 Å². The van der Waals surface area contributed by atoms with Gasteiger partial charge in [0.25, 0.3) is 10.0 Å². The minimum absolute atomic E-state index is 0.0564. The molecule has 1 atom stereocenters. The van der Waals surface area contributed by atoms with E-state index in [4.69, 9.17) is 11.6 Å². The molecule has 0 aliphatic heterocycles. The van der Waals surface area contributed by atoms with Crippen LogP contribution in [0.25, 0.3) is 0 Å². The van der Waals surface area contributed by atoms with E-state index < -0.39 is 40.2 Å². The summed E-state index contributed by atoms with van der Waals surface area (Å²) in [5.41, 5.74) is 1.91. The van der Waals surface area contributed by atoms with E-state index >= 15 is 4.39 Å². The maximum absolute atomic E-state index is 15.0. The number of nitrogens with one attached hydrogen (secondary N) is 1. The Labute approximate surface area is 269 Å². The average molecular weight is 650 g/mol. The van der Waals surface area contributed by atoms with Crippen LogP contribution in [0.2, 0.25) is 5.02 Å². The molecule has 4 aromatic rings. The van der Waals surface area contributed by atoms with Gasteiger partial charge in [-0.1, -0.05) is 92.2 Å². The molecular weight excluding hydrogens is 613 g/mol. The van der Waals surface area contributed by atoms with E-state index in [0.717, 1.165) is 9.87 Å². The van der Waals surface area contributed by atoms with Gasteiger partial charge in [0.05, 0.1) is 10.6 Å². The van der Waals surface area contributed by atoms with Gasteiger partial charge >= 0.3 is 0 Å². The summed E-state index contributed by atoms with van der Waals surface area (Å²) < 4.78 is 44.3. The molecule has 0 heterocycles. The Morgan fingerprint density at radius 1 is 0.867 bits per heavy atom. The first-order valence-electron chi connectivity index (χ1n) is 14.7. The molecule has 236 valence electrons. The standard InChI is InChI=1S/C35H37ClFN3O4S/c1-25(2)22-38-35(42)33(21-27-12-5-4-6-13-27)39(23-28-14-8-9-15-31(28)37)34(41)24-40(32-16-10-7-11-26(32)3)45(43,44)30-19-17-29(36)18-20-30/h4-20,25,33H,21-24H2,1-3H3,(H,38,42). The second-order valence-corrected chi connectivity index (χ2v) is 13.5. The number of hydrogen-bond donors (Lipinski definition) is 1. The summed E-state index contributed by atoms with van der Waals surface area (Å²) in [6.07, 6.45) is 0.138. The molecule has 0 bridgehead atoms. The van der Waals surface area contributed by atoms with Crippen molar-refractivity contribution in [3.8, 4) is 0 Å². The SMILES string of the molecule is Cc1ccccc1N(CC(=O)N(Cc1ccccc1F)C(Cc1ccccc1)C(=O)NCC(C)C)S(=O)(=O)c1ccc(Cl)cc1. The fourth-order valence-corrected chi connectivity index (χ4v) is 6.48. The maximum Gasteiger partial charge on any atom is 0.264 e. The Morgan fingerprint density at radius 2 is 1.49 bits per heavy atom. The van der Waals surface area contributed by atoms with Gasteiger partial charge in [-0.2, -0.15) is 0 Å². The largest absolute Gasteiger partial charge is 0.354 e. The summed E-state index contributed by atoms with van der Waals surface area (Å²) in [4.78, 5) is 29.5. The molecule has 1 unspecified atom stereocenters. The molecule has 0 aliphatic rings. The van der Waals surface area contributed by atoms with Gasteiger partial charge in [-0.3, -0.25) is 13.9 Å². The molecule has 0 aromatic heterocycles. The highest BCUT2D eigenvalue weighted by Gasteiger charge is 2.35. The van der Waals surface area contributed by atoms with Crippen molar-refractivity contribution in [3.63, 3.8) is 0 Å². The van der Waals surface area contributed by atoms with Gasteiger partial charge < -0.3 is 10.2 Å². The van der Waals surface area contributed by atoms with Crippen LogP contribution < -0.4 is 9.62 Å². The zero-order valence-electron chi connectivity index (χ0n) is 25.5. The van der Waals surface area contributed by atoms with Crippen LogP contribution in [0.1, 0.15) is 30.5 Å². The lowest BCUT2D eigenvalue weighted by atomic mass is 10.0. The van der Waals surface area contributed by atoms with Crippen molar-refractivity contribution >= 4 is 39.1 Å². The zero-order valence-corrected chi connectivity index (χ0v) is 27.1. The Balaban J connectivity index is 1.81. The summed E-state index contributed by atoms with van der Waals surface area (Å²) in [7, 11) is -4.28. The topological polar surface area (TPSA) is 86.8 Å². The van der Waals surface area contributed by atoms with Crippen molar-refractivity contribution in [1.82, 2.24) is 10.2 Å². The van der Waals surface area contributed by atoms with Gasteiger partial charge in [-0.25, -0.2) is 12.8 Å². The average Bonchev–Trinajstić information content (AvgIpc) is 3.02. The fourth-order valence-electron chi connectivity index (χ4n) is 4.88. The lowest BCUT2D eigenvalue weighted by Gasteiger charge is -2.34. The second kappa shape index (κ2) is 15.2. The Hall–Kier alpha value is -4.21. The van der Waals surface area contributed by atoms with Gasteiger partial charge in [0, 0.05) is 30.1 Å². The molecule has 0 fully saturated rings. The van der Waals surface area contributed by atoms with Gasteiger partial charge in [0.1, 0.15) is 18.4 Å². The van der Waals surface area contributed by atoms with Crippen LogP contribution in [0.15, 0.2) is 108 Å². The number of nitrogens with zero attached hydrogens (tertiary/aromatic N) is 2. The number of rotatable bonds is 13. The third-order valence-electron chi connectivity index (χ3n) is 7.32. The summed E-state index contributed by atoms with van der Waals surface area (Å²) in [6, 6.07) is 26.7. The molecule has 0 spiro atoms. The van der Waals surface area contributed by atoms with E-state index in [2.05, 4.69) is 5.32 Å². The summed E-state index contributed by atoms with van der Waals surface area (Å²) in [5, 5.41) is 3.28. The molecule has 4 rings (SSSR count). The van der Waals surface area contributed by atoms with Crippen molar-refractivity contribution in [1.29, 1.82) is 0 Å². The first-order valence-corrected chi connectivity index (χ1v) is 16.5. The van der Waals surface area contributed by atoms with Crippen LogP contribution in [-0.4, -0.2) is 44.3 Å². The van der Waals surface area contributed by atoms with Crippen LogP contribution >= 0.6 is 11.6 Å². The van der Waals surface area contributed by atoms with Gasteiger partial charge in [-0.05, 0) is 60.4 Å². The van der Waals surface area contributed by atoms with Crippen molar-refractivity contribution < 1.29 is 22.4 Å². The molecule has 0 aliphatic carbocycles. The number of carbonyl (C=O) groups excluding carboxylic acids is 2. The predicted molar refractivity (Wildman–Crippen MR) is 176 cm³/mol. The zero-order chi connectivity index (χ0) is 32.6. The number of aryl methyl sites for hydroxylation is 1. The molecule has 45 heavy (non-hydrogen) atoms. The molecule has 7 nitrogen and oxygen atoms in total. The molecule has 0 saturated heterocycles. The summed E-state index contributed by atoms with van der Waals surface area (Å²) in [6.45, 7) is 5.14. The van der Waals surface area contributed by atoms with Crippen molar-refractivity contribution in [2.75, 3.05) is 17.4 Å². The number of anilines is 1. The van der Waals surface area contributed by atoms with Crippen molar-refractivity contribution in [2.24, 2.45) is 5.92 Å². The summed E-state index contributed by atoms with van der Waals surface area (Å²) >= 11 is 6.04. The molecule has 0 radical (unpaired) electrons. The van der Waals surface area contributed by atoms with E-state index in [0.29, 0.717) is 22.8 Å². The maximum atomic E-state index is 15.0. The lowest BCUT2D eigenvalue weighted by Crippen LogP contribution is -2.54. The van der Waals surface area contributed by atoms with Gasteiger partial charge in [-0.15, -0.1) is 0 Å². The van der Waals surface area contributed by atoms with E-state index in [-0.39, 0.29) is 29.3 Å². The van der Waals surface area contributed by atoms with Crippen molar-refractivity contribution in [2.45, 2.75) is 44.7 Å². The van der Waals surface area contributed by atoms with E-state index in [9.17, 15) is 18.0 Å². The molecule has 0 saturated carbocycles. The number of benzene rings is 4. The first kappa shape index (κ1) is 33.7. The van der Waals surface area contributed by atoms with Crippen LogP contribution in [0.3, 0.4) is 0 Å². The molecule has 1 N–H and O–H groups in total. The Morgan fingerprint density at radius 3 is 2.13 bits per heavy atom. The smallest absolute Gasteiger partial charge is 0.264 e. The number of halogens is 2. The minimum atomic E-state index is -4.28. The Kier molecular flexibility index (Phi) is 11.4. The third kappa shape index (κ3) is 8.71. The van der Waals surface area contributed by atoms with E-state index in [1.54, 1.807) is 49.4 Å². The molecular formula is C35H37ClFN3O4S. The third-order valence-corrected chi connectivity index (χ3v) is 9.34. The van der Waals surface area contributed by atoms with Crippen LogP contribution in [-0.2, 0) is 32.6 Å². The van der Waals surface area contributed by atoms with Crippen LogP contribution in [0.4, 0.5) is 10.1 Å². The number of amides is 2. The van der Waals surface area contributed by atoms with E-state index in [1.807, 2.05) is 44.2 Å². The number of sulfonamides is 1. The number of hydrogen-bond acceptors (Lipinski definition) is 4. The lowest BCUT2D eigenvalue weighted by molar-refractivity contribution is -0.140. The number of para-hydroxylation sites is 1. The quantitative estimate of drug-likeness (QED) is 0.182. The Bertz CT molecular complexity index is 1720. The second-order valence-electron chi connectivity index (χ2n) is 11.2. The highest BCUT2D eigenvalue weighted by Crippen LogP contribution is 2.28. The van der Waals surface area contributed by atoms with E-state index in [1.165, 1.54) is 35.2 Å². The first-order chi connectivity index (χ1) is 21.5. The molecule has 2 amide bonds. The predicted octanol–water partition coefficient (Wildman–Crippen LogP) is 6.40. The monoisotopic (exact) mass is 649 g/mol.